The van der Waals surface area contributed by atoms with Gasteiger partial charge in [0.2, 0.25) is 0 Å². The maximum atomic E-state index is 12.5. The van der Waals surface area contributed by atoms with Crippen molar-refractivity contribution in [3.63, 3.8) is 0 Å². The highest BCUT2D eigenvalue weighted by Gasteiger charge is 2.00. The van der Waals surface area contributed by atoms with Gasteiger partial charge >= 0.3 is 5.97 Å². The van der Waals surface area contributed by atoms with Gasteiger partial charge < -0.3 is 10.1 Å². The smallest absolute Gasteiger partial charge is 0.307 e. The fourth-order valence-electron chi connectivity index (χ4n) is 1.11. The normalized spacial score (nSPS) is 9.73. The van der Waals surface area contributed by atoms with E-state index in [4.69, 9.17) is 4.74 Å². The van der Waals surface area contributed by atoms with Crippen molar-refractivity contribution < 1.29 is 13.9 Å². The molecule has 0 unspecified atom stereocenters. The second kappa shape index (κ2) is 6.01. The molecule has 0 fully saturated rings. The van der Waals surface area contributed by atoms with Gasteiger partial charge in [0.25, 0.3) is 0 Å². The molecule has 3 nitrogen and oxygen atoms in total. The Hall–Kier alpha value is -1.58. The van der Waals surface area contributed by atoms with Gasteiger partial charge in [-0.25, -0.2) is 4.39 Å². The quantitative estimate of drug-likeness (QED) is 0.759. The van der Waals surface area contributed by atoms with Crippen molar-refractivity contribution in [2.24, 2.45) is 0 Å². The zero-order valence-corrected chi connectivity index (χ0v) is 8.63. The molecule has 0 amide bonds. The summed E-state index contributed by atoms with van der Waals surface area (Å²) in [6.45, 7) is 2.66. The van der Waals surface area contributed by atoms with Crippen LogP contribution in [-0.2, 0) is 9.53 Å². The van der Waals surface area contributed by atoms with E-state index < -0.39 is 0 Å². The average molecular weight is 211 g/mol. The Morgan fingerprint density at radius 3 is 2.67 bits per heavy atom. The van der Waals surface area contributed by atoms with Crippen LogP contribution in [0.25, 0.3) is 0 Å². The second-order valence-corrected chi connectivity index (χ2v) is 2.99. The monoisotopic (exact) mass is 211 g/mol. The molecule has 0 aliphatic rings. The molecular formula is C11H14FNO2. The summed E-state index contributed by atoms with van der Waals surface area (Å²) in [6, 6.07) is 5.99. The average Bonchev–Trinajstić information content (AvgIpc) is 2.21. The van der Waals surface area contributed by atoms with Crippen molar-refractivity contribution in [1.29, 1.82) is 0 Å². The SMILES string of the molecule is CCOC(=O)CCNc1ccc(F)cc1. The number of anilines is 1. The third-order valence-corrected chi connectivity index (χ3v) is 1.81. The van der Waals surface area contributed by atoms with E-state index in [9.17, 15) is 9.18 Å². The summed E-state index contributed by atoms with van der Waals surface area (Å²) in [5.74, 6) is -0.502. The summed E-state index contributed by atoms with van der Waals surface area (Å²) < 4.78 is 17.3. The Bertz CT molecular complexity index is 311. The number of hydrogen-bond donors (Lipinski definition) is 1. The molecule has 0 aliphatic heterocycles. The molecule has 1 rings (SSSR count). The van der Waals surface area contributed by atoms with Crippen LogP contribution in [0.4, 0.5) is 10.1 Å². The molecule has 82 valence electrons. The van der Waals surface area contributed by atoms with Crippen molar-refractivity contribution in [2.45, 2.75) is 13.3 Å². The topological polar surface area (TPSA) is 38.3 Å². The molecule has 1 N–H and O–H groups in total. The number of ether oxygens (including phenoxy) is 1. The predicted octanol–water partition coefficient (Wildman–Crippen LogP) is 2.19. The summed E-state index contributed by atoms with van der Waals surface area (Å²) in [5.41, 5.74) is 0.792. The lowest BCUT2D eigenvalue weighted by molar-refractivity contribution is -0.142. The van der Waals surface area contributed by atoms with E-state index in [1.165, 1.54) is 12.1 Å². The van der Waals surface area contributed by atoms with Gasteiger partial charge in [-0.1, -0.05) is 0 Å². The first kappa shape index (κ1) is 11.5. The second-order valence-electron chi connectivity index (χ2n) is 2.99. The van der Waals surface area contributed by atoms with Gasteiger partial charge in [-0.3, -0.25) is 4.79 Å². The van der Waals surface area contributed by atoms with Crippen molar-refractivity contribution in [3.8, 4) is 0 Å². The van der Waals surface area contributed by atoms with E-state index in [0.29, 0.717) is 19.6 Å². The molecule has 4 heteroatoms. The predicted molar refractivity (Wildman–Crippen MR) is 56.1 cm³/mol. The molecule has 0 atom stereocenters. The fourth-order valence-corrected chi connectivity index (χ4v) is 1.11. The first-order chi connectivity index (χ1) is 7.22. The zero-order valence-electron chi connectivity index (χ0n) is 8.63. The van der Waals surface area contributed by atoms with E-state index in [2.05, 4.69) is 5.32 Å². The Morgan fingerprint density at radius 1 is 1.40 bits per heavy atom. The van der Waals surface area contributed by atoms with Gasteiger partial charge in [0.05, 0.1) is 13.0 Å². The lowest BCUT2D eigenvalue weighted by Gasteiger charge is -2.05. The molecule has 0 saturated heterocycles. The van der Waals surface area contributed by atoms with Gasteiger partial charge in [-0.05, 0) is 31.2 Å². The van der Waals surface area contributed by atoms with Gasteiger partial charge in [0.1, 0.15) is 5.82 Å². The number of benzene rings is 1. The molecule has 1 aromatic rings. The highest BCUT2D eigenvalue weighted by molar-refractivity contribution is 5.70. The first-order valence-corrected chi connectivity index (χ1v) is 4.87. The number of esters is 1. The van der Waals surface area contributed by atoms with E-state index >= 15 is 0 Å². The van der Waals surface area contributed by atoms with Crippen LogP contribution in [0.5, 0.6) is 0 Å². The van der Waals surface area contributed by atoms with Crippen LogP contribution >= 0.6 is 0 Å². The first-order valence-electron chi connectivity index (χ1n) is 4.87. The molecule has 1 aromatic carbocycles. The summed E-state index contributed by atoms with van der Waals surface area (Å²) in [6.07, 6.45) is 0.311. The van der Waals surface area contributed by atoms with Gasteiger partial charge in [0.15, 0.2) is 0 Å². The highest BCUT2D eigenvalue weighted by atomic mass is 19.1. The van der Waals surface area contributed by atoms with Gasteiger partial charge in [0, 0.05) is 12.2 Å². The third kappa shape index (κ3) is 4.44. The number of rotatable bonds is 5. The third-order valence-electron chi connectivity index (χ3n) is 1.81. The summed E-state index contributed by atoms with van der Waals surface area (Å²) in [5, 5.41) is 2.99. The minimum Gasteiger partial charge on any atom is -0.466 e. The van der Waals surface area contributed by atoms with E-state index in [1.807, 2.05) is 0 Å². The van der Waals surface area contributed by atoms with E-state index in [1.54, 1.807) is 19.1 Å². The zero-order chi connectivity index (χ0) is 11.1. The van der Waals surface area contributed by atoms with Crippen LogP contribution in [0, 0.1) is 5.82 Å². The number of nitrogens with one attached hydrogen (secondary N) is 1. The van der Waals surface area contributed by atoms with Gasteiger partial charge in [-0.2, -0.15) is 0 Å². The molecule has 0 aromatic heterocycles. The Balaban J connectivity index is 2.26. The molecule has 0 heterocycles. The van der Waals surface area contributed by atoms with Crippen LogP contribution in [-0.4, -0.2) is 19.1 Å². The van der Waals surface area contributed by atoms with E-state index in [0.717, 1.165) is 5.69 Å². The minimum atomic E-state index is -0.272. The minimum absolute atomic E-state index is 0.230. The van der Waals surface area contributed by atoms with Crippen LogP contribution in [0.1, 0.15) is 13.3 Å². The lowest BCUT2D eigenvalue weighted by Crippen LogP contribution is -2.11. The van der Waals surface area contributed by atoms with Crippen molar-refractivity contribution >= 4 is 11.7 Å². The van der Waals surface area contributed by atoms with Crippen molar-refractivity contribution in [3.05, 3.63) is 30.1 Å². The Labute approximate surface area is 88.2 Å². The number of carbonyl (C=O) groups is 1. The Kier molecular flexibility index (Phi) is 4.60. The van der Waals surface area contributed by atoms with Crippen molar-refractivity contribution in [1.82, 2.24) is 0 Å². The molecule has 0 radical (unpaired) electrons. The lowest BCUT2D eigenvalue weighted by atomic mass is 10.3. The van der Waals surface area contributed by atoms with Crippen molar-refractivity contribution in [2.75, 3.05) is 18.5 Å². The van der Waals surface area contributed by atoms with E-state index in [-0.39, 0.29) is 11.8 Å². The number of halogens is 1. The van der Waals surface area contributed by atoms with Crippen LogP contribution in [0.3, 0.4) is 0 Å². The summed E-state index contributed by atoms with van der Waals surface area (Å²) in [7, 11) is 0. The maximum absolute atomic E-state index is 12.5. The van der Waals surface area contributed by atoms with Crippen LogP contribution in [0.2, 0.25) is 0 Å². The van der Waals surface area contributed by atoms with Crippen LogP contribution < -0.4 is 5.32 Å². The molecular weight excluding hydrogens is 197 g/mol. The largest absolute Gasteiger partial charge is 0.466 e. The van der Waals surface area contributed by atoms with Crippen LogP contribution in [0.15, 0.2) is 24.3 Å². The fraction of sp³-hybridized carbons (Fsp3) is 0.364. The summed E-state index contributed by atoms with van der Waals surface area (Å²) >= 11 is 0. The maximum Gasteiger partial charge on any atom is 0.307 e. The molecule has 0 spiro atoms. The summed E-state index contributed by atoms with van der Waals surface area (Å²) in [4.78, 5) is 11.0. The number of hydrogen-bond acceptors (Lipinski definition) is 3. The van der Waals surface area contributed by atoms with Gasteiger partial charge in [-0.15, -0.1) is 0 Å². The Morgan fingerprint density at radius 2 is 2.07 bits per heavy atom. The standard InChI is InChI=1S/C11H14FNO2/c1-2-15-11(14)7-8-13-10-5-3-9(12)4-6-10/h3-6,13H,2,7-8H2,1H3. The highest BCUT2D eigenvalue weighted by Crippen LogP contribution is 2.07. The number of carbonyl (C=O) groups excluding carboxylic acids is 1. The molecule has 0 bridgehead atoms. The molecule has 0 saturated carbocycles. The molecule has 15 heavy (non-hydrogen) atoms. The molecule has 0 aliphatic carbocycles.